The first-order chi connectivity index (χ1) is 9.06. The molecule has 2 rings (SSSR count). The van der Waals surface area contributed by atoms with E-state index in [1.807, 2.05) is 50.2 Å². The molecule has 0 aliphatic rings. The van der Waals surface area contributed by atoms with Gasteiger partial charge in [0.15, 0.2) is 0 Å². The average molecular weight is 252 g/mol. The Morgan fingerprint density at radius 2 is 1.21 bits per heavy atom. The Morgan fingerprint density at radius 1 is 0.789 bits per heavy atom. The number of nitrogen functional groups attached to an aromatic ring is 2. The lowest BCUT2D eigenvalue weighted by Gasteiger charge is -1.99. The van der Waals surface area contributed by atoms with Gasteiger partial charge in [-0.3, -0.25) is 0 Å². The lowest BCUT2D eigenvalue weighted by atomic mass is 10.2. The number of nitrogens with zero attached hydrogens (tertiary/aromatic N) is 2. The van der Waals surface area contributed by atoms with Crippen LogP contribution < -0.4 is 11.5 Å². The monoisotopic (exact) mass is 252 g/mol. The number of hydrogen-bond acceptors (Lipinski definition) is 4. The quantitative estimate of drug-likeness (QED) is 0.632. The Kier molecular flexibility index (Phi) is 3.64. The fourth-order valence-electron chi connectivity index (χ4n) is 1.68. The van der Waals surface area contributed by atoms with Crippen LogP contribution in [0.2, 0.25) is 0 Å². The summed E-state index contributed by atoms with van der Waals surface area (Å²) in [6, 6.07) is 13.9. The maximum Gasteiger partial charge on any atom is 0.101 e. The lowest BCUT2D eigenvalue weighted by molar-refractivity contribution is 1.42. The number of anilines is 2. The van der Waals surface area contributed by atoms with E-state index in [0.717, 1.165) is 11.1 Å². The number of nitrogens with two attached hydrogens (primary N) is 2. The molecular formula is C15H16N4. The normalized spacial score (nSPS) is 9.79. The van der Waals surface area contributed by atoms with E-state index < -0.39 is 0 Å². The fraction of sp³-hybridized carbons (Fsp3) is 0.133. The molecule has 0 unspecified atom stereocenters. The second-order valence-electron chi connectivity index (χ2n) is 4.45. The van der Waals surface area contributed by atoms with Gasteiger partial charge in [-0.2, -0.15) is 9.98 Å². The number of benzene rings is 2. The molecule has 19 heavy (non-hydrogen) atoms. The smallest absolute Gasteiger partial charge is 0.101 e. The molecule has 96 valence electrons. The Morgan fingerprint density at radius 3 is 1.58 bits per heavy atom. The first kappa shape index (κ1) is 12.9. The van der Waals surface area contributed by atoms with Gasteiger partial charge in [-0.05, 0) is 49.2 Å². The summed E-state index contributed by atoms with van der Waals surface area (Å²) < 4.78 is 0. The van der Waals surface area contributed by atoms with Crippen LogP contribution in [0.25, 0.3) is 0 Å². The minimum atomic E-state index is 0.611. The van der Waals surface area contributed by atoms with Crippen molar-refractivity contribution in [2.75, 3.05) is 11.5 Å². The van der Waals surface area contributed by atoms with Crippen molar-refractivity contribution in [2.45, 2.75) is 13.8 Å². The van der Waals surface area contributed by atoms with E-state index in [1.54, 1.807) is 0 Å². The summed E-state index contributed by atoms with van der Waals surface area (Å²) in [7, 11) is 0. The van der Waals surface area contributed by atoms with Crippen LogP contribution in [0, 0.1) is 13.8 Å². The molecule has 0 spiro atoms. The van der Waals surface area contributed by atoms with Crippen LogP contribution in [0.4, 0.5) is 22.7 Å². The summed E-state index contributed by atoms with van der Waals surface area (Å²) in [6.45, 7) is 3.95. The van der Waals surface area contributed by atoms with Crippen LogP contribution in [0.3, 0.4) is 0 Å². The molecule has 0 radical (unpaired) electrons. The summed E-state index contributed by atoms with van der Waals surface area (Å²) >= 11 is 0. The molecule has 0 amide bonds. The Labute approximate surface area is 112 Å². The zero-order valence-corrected chi connectivity index (χ0v) is 11.0. The van der Waals surface area contributed by atoms with Crippen LogP contribution >= 0.6 is 0 Å². The highest BCUT2D eigenvalue weighted by Crippen LogP contribution is 2.24. The van der Waals surface area contributed by atoms with Crippen LogP contribution in [-0.2, 0) is 0 Å². The fourth-order valence-corrected chi connectivity index (χ4v) is 1.68. The van der Waals surface area contributed by atoms with Crippen LogP contribution in [0.15, 0.2) is 46.4 Å². The zero-order valence-electron chi connectivity index (χ0n) is 11.0. The van der Waals surface area contributed by atoms with Gasteiger partial charge in [0.2, 0.25) is 0 Å². The largest absolute Gasteiger partial charge is 0.397 e. The van der Waals surface area contributed by atoms with Crippen molar-refractivity contribution in [3.05, 3.63) is 47.5 Å². The number of aryl methyl sites for hydroxylation is 2. The van der Waals surface area contributed by atoms with Crippen LogP contribution in [-0.4, -0.2) is 6.01 Å². The molecule has 0 bridgehead atoms. The second kappa shape index (κ2) is 5.38. The third-order valence-electron chi connectivity index (χ3n) is 2.71. The first-order valence-corrected chi connectivity index (χ1v) is 5.95. The molecule has 4 nitrogen and oxygen atoms in total. The van der Waals surface area contributed by atoms with Gasteiger partial charge in [0.05, 0.1) is 22.7 Å². The second-order valence-corrected chi connectivity index (χ2v) is 4.45. The summed E-state index contributed by atoms with van der Waals surface area (Å²) in [6.07, 6.45) is 0. The molecule has 4 N–H and O–H groups in total. The highest BCUT2D eigenvalue weighted by atomic mass is 14.8. The maximum atomic E-state index is 5.85. The predicted octanol–water partition coefficient (Wildman–Crippen LogP) is 3.60. The minimum Gasteiger partial charge on any atom is -0.397 e. The van der Waals surface area contributed by atoms with Crippen molar-refractivity contribution in [2.24, 2.45) is 9.98 Å². The molecule has 0 atom stereocenters. The van der Waals surface area contributed by atoms with Gasteiger partial charge in [0, 0.05) is 0 Å². The van der Waals surface area contributed by atoms with Crippen LogP contribution in [0.5, 0.6) is 0 Å². The van der Waals surface area contributed by atoms with E-state index in [9.17, 15) is 0 Å². The highest BCUT2D eigenvalue weighted by Gasteiger charge is 1.97. The van der Waals surface area contributed by atoms with Crippen molar-refractivity contribution < 1.29 is 0 Å². The summed E-state index contributed by atoms with van der Waals surface area (Å²) in [5, 5.41) is 0. The van der Waals surface area contributed by atoms with E-state index in [-0.39, 0.29) is 0 Å². The Bertz CT molecular complexity index is 612. The van der Waals surface area contributed by atoms with Gasteiger partial charge in [0.25, 0.3) is 0 Å². The molecule has 0 saturated heterocycles. The molecule has 0 aliphatic carbocycles. The molecule has 0 saturated carbocycles. The Balaban J connectivity index is 2.29. The van der Waals surface area contributed by atoms with Gasteiger partial charge < -0.3 is 11.5 Å². The van der Waals surface area contributed by atoms with E-state index in [0.29, 0.717) is 22.7 Å². The number of hydrogen-bond donors (Lipinski definition) is 2. The lowest BCUT2D eigenvalue weighted by Crippen LogP contribution is -1.86. The first-order valence-electron chi connectivity index (χ1n) is 5.95. The van der Waals surface area contributed by atoms with E-state index in [2.05, 4.69) is 16.0 Å². The zero-order chi connectivity index (χ0) is 13.8. The van der Waals surface area contributed by atoms with E-state index >= 15 is 0 Å². The van der Waals surface area contributed by atoms with Gasteiger partial charge in [0.1, 0.15) is 6.01 Å². The molecule has 0 aromatic heterocycles. The standard InChI is InChI=1S/C15H16N4/c1-10-3-5-14(12(16)7-10)18-9-19-15-6-4-11(2)8-13(15)17/h3-8H,16-17H2,1-2H3. The van der Waals surface area contributed by atoms with E-state index in [4.69, 9.17) is 11.5 Å². The van der Waals surface area contributed by atoms with Gasteiger partial charge >= 0.3 is 0 Å². The van der Waals surface area contributed by atoms with Crippen molar-refractivity contribution >= 4 is 28.8 Å². The molecule has 2 aromatic carbocycles. The van der Waals surface area contributed by atoms with Crippen molar-refractivity contribution in [1.29, 1.82) is 0 Å². The number of aliphatic imine (C=N–C) groups is 2. The van der Waals surface area contributed by atoms with Crippen LogP contribution in [0.1, 0.15) is 11.1 Å². The average Bonchev–Trinajstić information content (AvgIpc) is 2.34. The Hall–Kier alpha value is -2.58. The van der Waals surface area contributed by atoms with Crippen molar-refractivity contribution in [3.63, 3.8) is 0 Å². The molecule has 0 aliphatic heterocycles. The molecule has 0 fully saturated rings. The predicted molar refractivity (Wildman–Crippen MR) is 80.4 cm³/mol. The minimum absolute atomic E-state index is 0.611. The highest BCUT2D eigenvalue weighted by molar-refractivity contribution is 5.71. The molecule has 2 aromatic rings. The maximum absolute atomic E-state index is 5.85. The summed E-state index contributed by atoms with van der Waals surface area (Å²) in [5.74, 6) is 0. The third-order valence-corrected chi connectivity index (χ3v) is 2.71. The molecule has 4 heteroatoms. The van der Waals surface area contributed by atoms with Gasteiger partial charge in [-0.15, -0.1) is 0 Å². The topological polar surface area (TPSA) is 76.8 Å². The van der Waals surface area contributed by atoms with Gasteiger partial charge in [-0.1, -0.05) is 12.1 Å². The van der Waals surface area contributed by atoms with Crippen molar-refractivity contribution in [1.82, 2.24) is 0 Å². The molecular weight excluding hydrogens is 236 g/mol. The van der Waals surface area contributed by atoms with Crippen molar-refractivity contribution in [3.8, 4) is 0 Å². The summed E-state index contributed by atoms with van der Waals surface area (Å²) in [5.41, 5.74) is 16.4. The SMILES string of the molecule is Cc1ccc(N=C=Nc2ccc(C)cc2N)c(N)c1. The number of rotatable bonds is 2. The molecule has 0 heterocycles. The summed E-state index contributed by atoms with van der Waals surface area (Å²) in [4.78, 5) is 8.22. The van der Waals surface area contributed by atoms with Gasteiger partial charge in [-0.25, -0.2) is 0 Å². The third kappa shape index (κ3) is 3.21. The van der Waals surface area contributed by atoms with E-state index in [1.165, 1.54) is 0 Å².